The fourth-order valence-electron chi connectivity index (χ4n) is 3.98. The number of rotatable bonds is 9. The number of hydrogen-bond acceptors (Lipinski definition) is 5. The van der Waals surface area contributed by atoms with E-state index in [0.29, 0.717) is 6.42 Å². The molecule has 2 heterocycles. The van der Waals surface area contributed by atoms with Gasteiger partial charge in [-0.2, -0.15) is 8.75 Å². The van der Waals surface area contributed by atoms with Crippen LogP contribution in [0.25, 0.3) is 11.0 Å². The van der Waals surface area contributed by atoms with E-state index in [9.17, 15) is 4.79 Å². The number of benzene rings is 2. The molecule has 0 aliphatic carbocycles. The molecule has 152 valence electrons. The predicted octanol–water partition coefficient (Wildman–Crippen LogP) is 5.90. The molecule has 0 unspecified atom stereocenters. The van der Waals surface area contributed by atoms with Crippen molar-refractivity contribution in [2.24, 2.45) is 0 Å². The summed E-state index contributed by atoms with van der Waals surface area (Å²) < 4.78 is 14.7. The molecule has 0 bridgehead atoms. The number of fused-ring (bicyclic) bond motifs is 3. The number of nitrogens with one attached hydrogen (secondary N) is 1. The van der Waals surface area contributed by atoms with E-state index in [-0.39, 0.29) is 11.8 Å². The second-order valence-electron chi connectivity index (χ2n) is 7.65. The van der Waals surface area contributed by atoms with Crippen molar-refractivity contribution in [2.75, 3.05) is 11.9 Å². The first-order valence-electron chi connectivity index (χ1n) is 10.5. The Balaban J connectivity index is 1.43. The highest BCUT2D eigenvalue weighted by atomic mass is 32.1. The Morgan fingerprint density at radius 1 is 1.03 bits per heavy atom. The van der Waals surface area contributed by atoms with Crippen LogP contribution in [-0.4, -0.2) is 21.3 Å². The SMILES string of the molecule is CCCCCCCCOc1ccc([C@H]2CC(=O)Nc3ccc4nsnc4c32)cc1. The van der Waals surface area contributed by atoms with Gasteiger partial charge in [0, 0.05) is 23.6 Å². The van der Waals surface area contributed by atoms with Gasteiger partial charge >= 0.3 is 0 Å². The van der Waals surface area contributed by atoms with Gasteiger partial charge in [0.05, 0.1) is 18.3 Å². The smallest absolute Gasteiger partial charge is 0.225 e. The van der Waals surface area contributed by atoms with Crippen molar-refractivity contribution in [3.05, 3.63) is 47.5 Å². The number of carbonyl (C=O) groups excluding carboxylic acids is 1. The van der Waals surface area contributed by atoms with Crippen LogP contribution >= 0.6 is 11.7 Å². The van der Waals surface area contributed by atoms with Gasteiger partial charge in [-0.15, -0.1) is 0 Å². The molecule has 6 heteroatoms. The number of amides is 1. The molecule has 3 aromatic rings. The highest BCUT2D eigenvalue weighted by molar-refractivity contribution is 7.00. The minimum absolute atomic E-state index is 0.0148. The molecule has 0 saturated carbocycles. The predicted molar refractivity (Wildman–Crippen MR) is 118 cm³/mol. The molecule has 0 saturated heterocycles. The Labute approximate surface area is 175 Å². The Hall–Kier alpha value is -2.47. The number of carbonyl (C=O) groups is 1. The molecule has 0 fully saturated rings. The lowest BCUT2D eigenvalue weighted by atomic mass is 9.84. The van der Waals surface area contributed by atoms with Gasteiger partial charge in [0.15, 0.2) is 0 Å². The Kier molecular flexibility index (Phi) is 6.39. The molecule has 2 aromatic carbocycles. The van der Waals surface area contributed by atoms with Crippen molar-refractivity contribution in [3.63, 3.8) is 0 Å². The highest BCUT2D eigenvalue weighted by Gasteiger charge is 2.29. The topological polar surface area (TPSA) is 64.1 Å². The van der Waals surface area contributed by atoms with E-state index in [4.69, 9.17) is 4.74 Å². The van der Waals surface area contributed by atoms with E-state index >= 15 is 0 Å². The van der Waals surface area contributed by atoms with Crippen LogP contribution < -0.4 is 10.1 Å². The molecule has 1 aliphatic heterocycles. The monoisotopic (exact) mass is 409 g/mol. The lowest BCUT2D eigenvalue weighted by Crippen LogP contribution is -2.23. The molecule has 4 rings (SSSR count). The molecular formula is C23H27N3O2S. The van der Waals surface area contributed by atoms with E-state index in [1.807, 2.05) is 24.3 Å². The summed E-state index contributed by atoms with van der Waals surface area (Å²) in [6.07, 6.45) is 7.96. The molecule has 1 atom stereocenters. The Bertz CT molecular complexity index is 968. The van der Waals surface area contributed by atoms with E-state index in [2.05, 4.69) is 33.1 Å². The Morgan fingerprint density at radius 2 is 1.83 bits per heavy atom. The number of hydrogen-bond donors (Lipinski definition) is 1. The standard InChI is InChI=1S/C23H27N3O2S/c1-2-3-4-5-6-7-14-28-17-10-8-16(9-11-17)18-15-21(27)24-19-12-13-20-23(22(18)19)26-29-25-20/h8-13,18H,2-7,14-15H2,1H3,(H,24,27)/t18-/m1/s1. The largest absolute Gasteiger partial charge is 0.494 e. The van der Waals surface area contributed by atoms with Gasteiger partial charge in [0.25, 0.3) is 0 Å². The van der Waals surface area contributed by atoms with Gasteiger partial charge in [-0.3, -0.25) is 4.79 Å². The van der Waals surface area contributed by atoms with Crippen LogP contribution in [0.4, 0.5) is 5.69 Å². The third-order valence-corrected chi connectivity index (χ3v) is 6.07. The molecule has 1 aromatic heterocycles. The molecule has 1 N–H and O–H groups in total. The molecule has 5 nitrogen and oxygen atoms in total. The third kappa shape index (κ3) is 4.58. The van der Waals surface area contributed by atoms with Gasteiger partial charge < -0.3 is 10.1 Å². The van der Waals surface area contributed by atoms with E-state index in [0.717, 1.165) is 46.6 Å². The summed E-state index contributed by atoms with van der Waals surface area (Å²) in [6, 6.07) is 12.0. The second-order valence-corrected chi connectivity index (χ2v) is 8.18. The van der Waals surface area contributed by atoms with Gasteiger partial charge in [-0.05, 0) is 36.2 Å². The number of anilines is 1. The van der Waals surface area contributed by atoms with Gasteiger partial charge in [-0.25, -0.2) is 0 Å². The first-order chi connectivity index (χ1) is 14.3. The molecular weight excluding hydrogens is 382 g/mol. The van der Waals surface area contributed by atoms with Crippen LogP contribution in [0.15, 0.2) is 36.4 Å². The third-order valence-electron chi connectivity index (χ3n) is 5.53. The molecule has 29 heavy (non-hydrogen) atoms. The summed E-state index contributed by atoms with van der Waals surface area (Å²) in [5, 5.41) is 2.98. The van der Waals surface area contributed by atoms with Crippen LogP contribution in [0.5, 0.6) is 5.75 Å². The summed E-state index contributed by atoms with van der Waals surface area (Å²) in [4.78, 5) is 12.3. The van der Waals surface area contributed by atoms with E-state index in [1.54, 1.807) is 0 Å². The van der Waals surface area contributed by atoms with Crippen molar-refractivity contribution in [2.45, 2.75) is 57.8 Å². The molecule has 1 amide bonds. The van der Waals surface area contributed by atoms with Crippen LogP contribution in [0.3, 0.4) is 0 Å². The minimum atomic E-state index is -0.0148. The lowest BCUT2D eigenvalue weighted by Gasteiger charge is -2.26. The molecule has 1 aliphatic rings. The maximum Gasteiger partial charge on any atom is 0.225 e. The van der Waals surface area contributed by atoms with Crippen molar-refractivity contribution in [1.29, 1.82) is 0 Å². The fourth-order valence-corrected chi connectivity index (χ4v) is 4.52. The number of nitrogens with zero attached hydrogens (tertiary/aromatic N) is 2. The van der Waals surface area contributed by atoms with Crippen LogP contribution in [0.2, 0.25) is 0 Å². The molecule has 0 radical (unpaired) electrons. The highest BCUT2D eigenvalue weighted by Crippen LogP contribution is 2.41. The summed E-state index contributed by atoms with van der Waals surface area (Å²) >= 11 is 1.21. The first kappa shape index (κ1) is 19.8. The van der Waals surface area contributed by atoms with Gasteiger partial charge in [0.2, 0.25) is 5.91 Å². The van der Waals surface area contributed by atoms with E-state index < -0.39 is 0 Å². The quantitative estimate of drug-likeness (QED) is 0.447. The van der Waals surface area contributed by atoms with Crippen LogP contribution in [-0.2, 0) is 4.79 Å². The summed E-state index contributed by atoms with van der Waals surface area (Å²) in [5.74, 6) is 0.906. The Morgan fingerprint density at radius 3 is 2.66 bits per heavy atom. The lowest BCUT2D eigenvalue weighted by molar-refractivity contribution is -0.116. The zero-order valence-corrected chi connectivity index (χ0v) is 17.6. The number of aromatic nitrogens is 2. The minimum Gasteiger partial charge on any atom is -0.494 e. The molecule has 0 spiro atoms. The summed E-state index contributed by atoms with van der Waals surface area (Å²) in [6.45, 7) is 2.99. The van der Waals surface area contributed by atoms with E-state index in [1.165, 1.54) is 43.8 Å². The average Bonchev–Trinajstić information content (AvgIpc) is 3.22. The van der Waals surface area contributed by atoms with Crippen LogP contribution in [0.1, 0.15) is 68.9 Å². The maximum absolute atomic E-state index is 12.3. The zero-order chi connectivity index (χ0) is 20.1. The van der Waals surface area contributed by atoms with Gasteiger partial charge in [-0.1, -0.05) is 51.2 Å². The maximum atomic E-state index is 12.3. The fraction of sp³-hybridized carbons (Fsp3) is 0.435. The summed E-state index contributed by atoms with van der Waals surface area (Å²) in [7, 11) is 0. The van der Waals surface area contributed by atoms with Crippen molar-refractivity contribution in [3.8, 4) is 5.75 Å². The van der Waals surface area contributed by atoms with Gasteiger partial charge in [0.1, 0.15) is 16.8 Å². The average molecular weight is 410 g/mol. The first-order valence-corrected chi connectivity index (χ1v) is 11.3. The summed E-state index contributed by atoms with van der Waals surface area (Å²) in [5.41, 5.74) is 4.79. The van der Waals surface area contributed by atoms with Crippen molar-refractivity contribution in [1.82, 2.24) is 8.75 Å². The van der Waals surface area contributed by atoms with Crippen molar-refractivity contribution < 1.29 is 9.53 Å². The van der Waals surface area contributed by atoms with Crippen LogP contribution in [0, 0.1) is 0 Å². The van der Waals surface area contributed by atoms with Crippen molar-refractivity contribution >= 4 is 34.4 Å². The normalized spacial score (nSPS) is 15.9. The second kappa shape index (κ2) is 9.35. The number of unbranched alkanes of at least 4 members (excludes halogenated alkanes) is 5. The zero-order valence-electron chi connectivity index (χ0n) is 16.8. The number of ether oxygens (including phenoxy) is 1.